The Hall–Kier alpha value is 0.140. The van der Waals surface area contributed by atoms with E-state index in [1.54, 1.807) is 0 Å². The molecule has 2 rings (SSSR count). The number of rotatable bonds is 4. The van der Waals surface area contributed by atoms with Crippen LogP contribution in [0, 0.1) is 12.8 Å². The van der Waals surface area contributed by atoms with Gasteiger partial charge in [0.2, 0.25) is 0 Å². The van der Waals surface area contributed by atoms with E-state index in [4.69, 9.17) is 0 Å². The Morgan fingerprint density at radius 3 is 2.73 bits per heavy atom. The van der Waals surface area contributed by atoms with Crippen LogP contribution in [0.5, 0.6) is 0 Å². The van der Waals surface area contributed by atoms with Crippen LogP contribution in [0.2, 0.25) is 0 Å². The monoisotopic (exact) mass is 287 g/mol. The summed E-state index contributed by atoms with van der Waals surface area (Å²) in [6.45, 7) is 5.49. The van der Waals surface area contributed by atoms with E-state index in [1.807, 2.05) is 11.3 Å². The molecule has 0 aliphatic heterocycles. The third kappa shape index (κ3) is 2.45. The fourth-order valence-corrected chi connectivity index (χ4v) is 4.05. The highest BCUT2D eigenvalue weighted by Gasteiger charge is 2.29. The van der Waals surface area contributed by atoms with Crippen LogP contribution in [0.15, 0.2) is 9.85 Å². The SMILES string of the molecule is CCNC(c1cc(Br)sc1C)C1CCC1. The van der Waals surface area contributed by atoms with Gasteiger partial charge in [-0.15, -0.1) is 11.3 Å². The second kappa shape index (κ2) is 4.98. The normalized spacial score (nSPS) is 18.9. The molecule has 0 bridgehead atoms. The highest BCUT2D eigenvalue weighted by atomic mass is 79.9. The maximum Gasteiger partial charge on any atom is 0.0704 e. The Kier molecular flexibility index (Phi) is 3.86. The second-order valence-electron chi connectivity index (χ2n) is 4.29. The first-order valence-corrected chi connectivity index (χ1v) is 7.32. The van der Waals surface area contributed by atoms with Crippen molar-refractivity contribution in [2.24, 2.45) is 5.92 Å². The van der Waals surface area contributed by atoms with Crippen LogP contribution in [0.25, 0.3) is 0 Å². The fourth-order valence-electron chi connectivity index (χ4n) is 2.29. The van der Waals surface area contributed by atoms with E-state index in [1.165, 1.54) is 33.5 Å². The smallest absolute Gasteiger partial charge is 0.0704 e. The van der Waals surface area contributed by atoms with Gasteiger partial charge in [-0.2, -0.15) is 0 Å². The lowest BCUT2D eigenvalue weighted by Gasteiger charge is -2.34. The maximum absolute atomic E-state index is 3.64. The lowest BCUT2D eigenvalue weighted by atomic mass is 9.77. The van der Waals surface area contributed by atoms with Crippen molar-refractivity contribution in [3.63, 3.8) is 0 Å². The second-order valence-corrected chi connectivity index (χ2v) is 6.92. The molecule has 0 amide bonds. The van der Waals surface area contributed by atoms with E-state index in [2.05, 4.69) is 41.2 Å². The van der Waals surface area contributed by atoms with Crippen LogP contribution < -0.4 is 5.32 Å². The summed E-state index contributed by atoms with van der Waals surface area (Å²) >= 11 is 5.43. The van der Waals surface area contributed by atoms with Crippen molar-refractivity contribution in [3.05, 3.63) is 20.3 Å². The van der Waals surface area contributed by atoms with Crippen LogP contribution in [0.3, 0.4) is 0 Å². The van der Waals surface area contributed by atoms with Gasteiger partial charge in [-0.3, -0.25) is 0 Å². The van der Waals surface area contributed by atoms with Crippen molar-refractivity contribution in [1.82, 2.24) is 5.32 Å². The van der Waals surface area contributed by atoms with Crippen molar-refractivity contribution in [2.45, 2.75) is 39.2 Å². The molecule has 0 radical (unpaired) electrons. The summed E-state index contributed by atoms with van der Waals surface area (Å²) in [5, 5.41) is 3.64. The molecule has 1 nitrogen and oxygen atoms in total. The third-order valence-electron chi connectivity index (χ3n) is 3.31. The third-order valence-corrected chi connectivity index (χ3v) is 4.88. The van der Waals surface area contributed by atoms with Crippen LogP contribution in [-0.2, 0) is 0 Å². The molecule has 1 aromatic rings. The molecule has 1 aliphatic carbocycles. The molecule has 3 heteroatoms. The number of hydrogen-bond donors (Lipinski definition) is 1. The molecule has 1 aliphatic rings. The topological polar surface area (TPSA) is 12.0 Å². The summed E-state index contributed by atoms with van der Waals surface area (Å²) in [4.78, 5) is 1.46. The van der Waals surface area contributed by atoms with Crippen molar-refractivity contribution in [3.8, 4) is 0 Å². The van der Waals surface area contributed by atoms with Gasteiger partial charge in [0.1, 0.15) is 0 Å². The van der Waals surface area contributed by atoms with Gasteiger partial charge in [-0.05, 0) is 59.8 Å². The molecular weight excluding hydrogens is 270 g/mol. The van der Waals surface area contributed by atoms with E-state index in [-0.39, 0.29) is 0 Å². The van der Waals surface area contributed by atoms with Gasteiger partial charge in [-0.1, -0.05) is 13.3 Å². The first-order chi connectivity index (χ1) is 7.22. The highest BCUT2D eigenvalue weighted by Crippen LogP contribution is 2.41. The number of halogens is 1. The van der Waals surface area contributed by atoms with Gasteiger partial charge in [-0.25, -0.2) is 0 Å². The molecule has 0 spiro atoms. The van der Waals surface area contributed by atoms with E-state index in [9.17, 15) is 0 Å². The first kappa shape index (κ1) is 11.6. The summed E-state index contributed by atoms with van der Waals surface area (Å²) in [6, 6.07) is 2.89. The minimum Gasteiger partial charge on any atom is -0.310 e. The first-order valence-electron chi connectivity index (χ1n) is 5.71. The molecule has 15 heavy (non-hydrogen) atoms. The zero-order chi connectivity index (χ0) is 10.8. The van der Waals surface area contributed by atoms with Gasteiger partial charge >= 0.3 is 0 Å². The summed E-state index contributed by atoms with van der Waals surface area (Å²) in [6.07, 6.45) is 4.20. The quantitative estimate of drug-likeness (QED) is 0.872. The Morgan fingerprint density at radius 1 is 1.60 bits per heavy atom. The van der Waals surface area contributed by atoms with E-state index in [0.29, 0.717) is 6.04 Å². The largest absolute Gasteiger partial charge is 0.310 e. The zero-order valence-electron chi connectivity index (χ0n) is 9.35. The fraction of sp³-hybridized carbons (Fsp3) is 0.667. The molecular formula is C12H18BrNS. The van der Waals surface area contributed by atoms with Crippen molar-refractivity contribution >= 4 is 27.3 Å². The lowest BCUT2D eigenvalue weighted by molar-refractivity contribution is 0.233. The average Bonchev–Trinajstić information content (AvgIpc) is 2.41. The lowest BCUT2D eigenvalue weighted by Crippen LogP contribution is -2.32. The average molecular weight is 288 g/mol. The Balaban J connectivity index is 2.19. The van der Waals surface area contributed by atoms with Gasteiger partial charge in [0, 0.05) is 10.9 Å². The Labute approximate surface area is 104 Å². The van der Waals surface area contributed by atoms with Gasteiger partial charge in [0.25, 0.3) is 0 Å². The van der Waals surface area contributed by atoms with E-state index < -0.39 is 0 Å². The minimum absolute atomic E-state index is 0.589. The molecule has 1 unspecified atom stereocenters. The highest BCUT2D eigenvalue weighted by molar-refractivity contribution is 9.11. The predicted octanol–water partition coefficient (Wildman–Crippen LogP) is 4.27. The number of aryl methyl sites for hydroxylation is 1. The molecule has 0 aromatic carbocycles. The van der Waals surface area contributed by atoms with Gasteiger partial charge < -0.3 is 5.32 Å². The number of hydrogen-bond acceptors (Lipinski definition) is 2. The van der Waals surface area contributed by atoms with Crippen molar-refractivity contribution in [2.75, 3.05) is 6.54 Å². The predicted molar refractivity (Wildman–Crippen MR) is 70.5 cm³/mol. The van der Waals surface area contributed by atoms with E-state index in [0.717, 1.165) is 12.5 Å². The van der Waals surface area contributed by atoms with Crippen LogP contribution >= 0.6 is 27.3 Å². The molecule has 1 aromatic heterocycles. The number of nitrogens with one attached hydrogen (secondary N) is 1. The molecule has 1 fully saturated rings. The minimum atomic E-state index is 0.589. The summed E-state index contributed by atoms with van der Waals surface area (Å²) in [5.41, 5.74) is 1.51. The summed E-state index contributed by atoms with van der Waals surface area (Å²) < 4.78 is 1.26. The standard InChI is InChI=1S/C12H18BrNS/c1-3-14-12(9-5-4-6-9)10-7-11(13)15-8(10)2/h7,9,12,14H,3-6H2,1-2H3. The molecule has 1 atom stereocenters. The summed E-state index contributed by atoms with van der Waals surface area (Å²) in [7, 11) is 0. The van der Waals surface area contributed by atoms with Crippen LogP contribution in [0.1, 0.15) is 42.7 Å². The van der Waals surface area contributed by atoms with Gasteiger partial charge in [0.15, 0.2) is 0 Å². The van der Waals surface area contributed by atoms with Crippen molar-refractivity contribution in [1.29, 1.82) is 0 Å². The molecule has 0 saturated heterocycles. The molecule has 1 saturated carbocycles. The van der Waals surface area contributed by atoms with Crippen molar-refractivity contribution < 1.29 is 0 Å². The molecule has 1 N–H and O–H groups in total. The number of thiophene rings is 1. The Bertz CT molecular complexity index is 330. The summed E-state index contributed by atoms with van der Waals surface area (Å²) in [5.74, 6) is 0.866. The van der Waals surface area contributed by atoms with Gasteiger partial charge in [0.05, 0.1) is 3.79 Å². The maximum atomic E-state index is 3.64. The molecule has 1 heterocycles. The van der Waals surface area contributed by atoms with Crippen LogP contribution in [0.4, 0.5) is 0 Å². The molecule has 84 valence electrons. The zero-order valence-corrected chi connectivity index (χ0v) is 11.7. The van der Waals surface area contributed by atoms with E-state index >= 15 is 0 Å². The van der Waals surface area contributed by atoms with Crippen LogP contribution in [-0.4, -0.2) is 6.54 Å². The Morgan fingerprint density at radius 2 is 2.33 bits per heavy atom.